The van der Waals surface area contributed by atoms with Crippen molar-refractivity contribution in [3.8, 4) is 0 Å². The Morgan fingerprint density at radius 2 is 1.96 bits per heavy atom. The van der Waals surface area contributed by atoms with Crippen molar-refractivity contribution >= 4 is 41.5 Å². The zero-order chi connectivity index (χ0) is 16.3. The number of carbonyl (C=O) groups excluding carboxylic acids is 1. The van der Waals surface area contributed by atoms with Crippen LogP contribution in [0.3, 0.4) is 0 Å². The number of para-hydroxylation sites is 1. The molecule has 0 fully saturated rings. The van der Waals surface area contributed by atoms with Crippen LogP contribution in [0.5, 0.6) is 0 Å². The fourth-order valence-corrected chi connectivity index (χ4v) is 2.58. The minimum atomic E-state index is -0.0888. The highest BCUT2D eigenvalue weighted by Gasteiger charge is 2.06. The second-order valence-electron chi connectivity index (χ2n) is 5.62. The Balaban J connectivity index is 0.00000288. The molecule has 0 bridgehead atoms. The summed E-state index contributed by atoms with van der Waals surface area (Å²) in [7, 11) is 1.71. The molecule has 0 saturated carbocycles. The maximum absolute atomic E-state index is 11.9. The van der Waals surface area contributed by atoms with E-state index in [-0.39, 0.29) is 36.4 Å². The van der Waals surface area contributed by atoms with E-state index in [1.807, 2.05) is 30.3 Å². The molecule has 1 aromatic rings. The topological polar surface area (TPSA) is 65.5 Å². The highest BCUT2D eigenvalue weighted by Crippen LogP contribution is 2.19. The number of amides is 1. The lowest BCUT2D eigenvalue weighted by Crippen LogP contribution is -2.41. The fraction of sp³-hybridized carbons (Fsp3) is 0.444. The minimum Gasteiger partial charge on any atom is -0.356 e. The van der Waals surface area contributed by atoms with Gasteiger partial charge in [0.25, 0.3) is 0 Å². The average molecular weight is 442 g/mol. The molecule has 1 aromatic carbocycles. The molecule has 1 amide bonds. The van der Waals surface area contributed by atoms with Crippen LogP contribution in [-0.4, -0.2) is 32.0 Å². The van der Waals surface area contributed by atoms with E-state index in [2.05, 4.69) is 27.0 Å². The first kappa shape index (κ1) is 20.5. The van der Waals surface area contributed by atoms with E-state index >= 15 is 0 Å². The number of hydrogen-bond donors (Lipinski definition) is 3. The molecule has 0 radical (unpaired) electrons. The summed E-state index contributed by atoms with van der Waals surface area (Å²) < 4.78 is 0. The molecule has 0 heterocycles. The lowest BCUT2D eigenvalue weighted by Gasteiger charge is -2.15. The number of halogens is 1. The molecule has 0 aromatic heterocycles. The van der Waals surface area contributed by atoms with Crippen molar-refractivity contribution in [3.63, 3.8) is 0 Å². The maximum Gasteiger partial charge on any atom is 0.243 e. The summed E-state index contributed by atoms with van der Waals surface area (Å²) in [6.45, 7) is 1.03. The Hall–Kier alpha value is -1.57. The molecule has 6 heteroatoms. The first-order chi connectivity index (χ1) is 11.3. The number of allylic oxidation sites excluding steroid dienone is 1. The lowest BCUT2D eigenvalue weighted by molar-refractivity contribution is -0.115. The van der Waals surface area contributed by atoms with E-state index < -0.39 is 0 Å². The van der Waals surface area contributed by atoms with Gasteiger partial charge in [0, 0.05) is 19.3 Å². The predicted octanol–water partition coefficient (Wildman–Crippen LogP) is 3.30. The number of anilines is 1. The van der Waals surface area contributed by atoms with Crippen LogP contribution >= 0.6 is 24.0 Å². The molecule has 24 heavy (non-hydrogen) atoms. The average Bonchev–Trinajstić information content (AvgIpc) is 2.59. The molecule has 1 aliphatic rings. The minimum absolute atomic E-state index is 0. The summed E-state index contributed by atoms with van der Waals surface area (Å²) in [6.07, 6.45) is 8.44. The normalized spacial score (nSPS) is 14.2. The van der Waals surface area contributed by atoms with Crippen LogP contribution in [0.15, 0.2) is 47.0 Å². The van der Waals surface area contributed by atoms with E-state index in [1.165, 1.54) is 31.3 Å². The number of rotatable bonds is 6. The third kappa shape index (κ3) is 7.81. The maximum atomic E-state index is 11.9. The molecular weight excluding hydrogens is 415 g/mol. The third-order valence-electron chi connectivity index (χ3n) is 3.82. The van der Waals surface area contributed by atoms with E-state index in [0.29, 0.717) is 5.96 Å². The fourth-order valence-electron chi connectivity index (χ4n) is 2.58. The Kier molecular flexibility index (Phi) is 10.1. The van der Waals surface area contributed by atoms with Crippen molar-refractivity contribution < 1.29 is 4.79 Å². The van der Waals surface area contributed by atoms with E-state index in [0.717, 1.165) is 18.7 Å². The van der Waals surface area contributed by atoms with Gasteiger partial charge in [-0.15, -0.1) is 24.0 Å². The van der Waals surface area contributed by atoms with Crippen LogP contribution in [0.4, 0.5) is 5.69 Å². The zero-order valence-electron chi connectivity index (χ0n) is 14.2. The van der Waals surface area contributed by atoms with Crippen molar-refractivity contribution in [1.82, 2.24) is 10.6 Å². The molecular formula is C18H27IN4O. The second kappa shape index (κ2) is 11.9. The Morgan fingerprint density at radius 3 is 2.62 bits per heavy atom. The van der Waals surface area contributed by atoms with E-state index in [1.54, 1.807) is 7.05 Å². The van der Waals surface area contributed by atoms with Crippen LogP contribution in [-0.2, 0) is 4.79 Å². The van der Waals surface area contributed by atoms with Gasteiger partial charge in [-0.05, 0) is 44.2 Å². The van der Waals surface area contributed by atoms with Gasteiger partial charge in [0.15, 0.2) is 5.96 Å². The predicted molar refractivity (Wildman–Crippen MR) is 111 cm³/mol. The van der Waals surface area contributed by atoms with Crippen molar-refractivity contribution in [2.24, 2.45) is 4.99 Å². The number of nitrogens with zero attached hydrogens (tertiary/aromatic N) is 1. The summed E-state index contributed by atoms with van der Waals surface area (Å²) in [5, 5.41) is 9.12. The van der Waals surface area contributed by atoms with Crippen LogP contribution in [0.2, 0.25) is 0 Å². The third-order valence-corrected chi connectivity index (χ3v) is 3.82. The van der Waals surface area contributed by atoms with Crippen molar-refractivity contribution in [2.45, 2.75) is 32.1 Å². The largest absolute Gasteiger partial charge is 0.356 e. The molecule has 0 atom stereocenters. The molecule has 132 valence electrons. The molecule has 0 aliphatic heterocycles. The van der Waals surface area contributed by atoms with Crippen molar-refractivity contribution in [2.75, 3.05) is 25.5 Å². The number of benzene rings is 1. The first-order valence-corrected chi connectivity index (χ1v) is 8.25. The Bertz CT molecular complexity index is 557. The van der Waals surface area contributed by atoms with Crippen molar-refractivity contribution in [3.05, 3.63) is 42.0 Å². The van der Waals surface area contributed by atoms with Crippen LogP contribution in [0, 0.1) is 0 Å². The quantitative estimate of drug-likeness (QED) is 0.274. The van der Waals surface area contributed by atoms with Gasteiger partial charge in [-0.25, -0.2) is 0 Å². The van der Waals surface area contributed by atoms with Gasteiger partial charge in [-0.2, -0.15) is 0 Å². The summed E-state index contributed by atoms with van der Waals surface area (Å²) in [6, 6.07) is 9.43. The van der Waals surface area contributed by atoms with E-state index in [4.69, 9.17) is 0 Å². The second-order valence-corrected chi connectivity index (χ2v) is 5.62. The SMILES string of the molecule is CN=C(NCCC1=CCCCC1)NCC(=O)Nc1ccccc1.I. The summed E-state index contributed by atoms with van der Waals surface area (Å²) in [5.74, 6) is 0.568. The zero-order valence-corrected chi connectivity index (χ0v) is 16.5. The number of hydrogen-bond acceptors (Lipinski definition) is 2. The highest BCUT2D eigenvalue weighted by molar-refractivity contribution is 14.0. The van der Waals surface area contributed by atoms with Gasteiger partial charge in [-0.1, -0.05) is 29.8 Å². The molecule has 0 saturated heterocycles. The number of guanidine groups is 1. The molecule has 0 spiro atoms. The van der Waals surface area contributed by atoms with Gasteiger partial charge in [0.05, 0.1) is 6.54 Å². The van der Waals surface area contributed by atoms with Gasteiger partial charge in [0.2, 0.25) is 5.91 Å². The Morgan fingerprint density at radius 1 is 1.17 bits per heavy atom. The highest BCUT2D eigenvalue weighted by atomic mass is 127. The Labute approximate surface area is 161 Å². The van der Waals surface area contributed by atoms with Crippen LogP contribution in [0.1, 0.15) is 32.1 Å². The van der Waals surface area contributed by atoms with Gasteiger partial charge >= 0.3 is 0 Å². The first-order valence-electron chi connectivity index (χ1n) is 8.25. The van der Waals surface area contributed by atoms with Gasteiger partial charge in [0.1, 0.15) is 0 Å². The monoisotopic (exact) mass is 442 g/mol. The van der Waals surface area contributed by atoms with E-state index in [9.17, 15) is 4.79 Å². The van der Waals surface area contributed by atoms with Gasteiger partial charge < -0.3 is 16.0 Å². The molecule has 0 unspecified atom stereocenters. The van der Waals surface area contributed by atoms with Crippen LogP contribution in [0.25, 0.3) is 0 Å². The summed E-state index contributed by atoms with van der Waals surface area (Å²) >= 11 is 0. The molecule has 2 rings (SSSR count). The van der Waals surface area contributed by atoms with Crippen LogP contribution < -0.4 is 16.0 Å². The molecule has 1 aliphatic carbocycles. The van der Waals surface area contributed by atoms with Crippen molar-refractivity contribution in [1.29, 1.82) is 0 Å². The summed E-state index contributed by atoms with van der Waals surface area (Å²) in [4.78, 5) is 16.0. The smallest absolute Gasteiger partial charge is 0.243 e. The standard InChI is InChI=1S/C18H26N4O.HI/c1-19-18(20-13-12-15-8-4-2-5-9-15)21-14-17(23)22-16-10-6-3-7-11-16;/h3,6-8,10-11H,2,4-5,9,12-14H2,1H3,(H,22,23)(H2,19,20,21);1H. The molecule has 5 nitrogen and oxygen atoms in total. The lowest BCUT2D eigenvalue weighted by atomic mass is 9.97. The number of nitrogens with one attached hydrogen (secondary N) is 3. The molecule has 3 N–H and O–H groups in total. The number of carbonyl (C=O) groups is 1. The number of aliphatic imine (C=N–C) groups is 1. The summed E-state index contributed by atoms with van der Waals surface area (Å²) in [5.41, 5.74) is 2.33. The van der Waals surface area contributed by atoms with Gasteiger partial charge in [-0.3, -0.25) is 9.79 Å².